The van der Waals surface area contributed by atoms with E-state index in [2.05, 4.69) is 43.6 Å². The highest BCUT2D eigenvalue weighted by atomic mass is 32.2. The van der Waals surface area contributed by atoms with Gasteiger partial charge in [-0.3, -0.25) is 0 Å². The molecule has 1 aliphatic carbocycles. The summed E-state index contributed by atoms with van der Waals surface area (Å²) in [6, 6.07) is 6.99. The molecule has 1 aromatic rings. The van der Waals surface area contributed by atoms with Gasteiger partial charge in [0.2, 0.25) is 0 Å². The van der Waals surface area contributed by atoms with Gasteiger partial charge in [-0.15, -0.1) is 0 Å². The van der Waals surface area contributed by atoms with Gasteiger partial charge in [0.25, 0.3) is 0 Å². The molecule has 1 unspecified atom stereocenters. The molecular formula is C17H27NOS. The Morgan fingerprint density at radius 3 is 2.70 bits per heavy atom. The Hall–Kier alpha value is -0.670. The van der Waals surface area contributed by atoms with E-state index in [0.717, 1.165) is 12.3 Å². The van der Waals surface area contributed by atoms with Gasteiger partial charge in [-0.1, -0.05) is 19.9 Å². The number of thioether (sulfide) groups is 1. The third kappa shape index (κ3) is 3.15. The molecule has 0 fully saturated rings. The molecule has 0 aliphatic heterocycles. The van der Waals surface area contributed by atoms with Crippen LogP contribution in [0.3, 0.4) is 0 Å². The monoisotopic (exact) mass is 293 g/mol. The Balaban J connectivity index is 2.07. The number of nitrogens with one attached hydrogen (secondary N) is 1. The van der Waals surface area contributed by atoms with Crippen LogP contribution in [-0.2, 0) is 6.42 Å². The summed E-state index contributed by atoms with van der Waals surface area (Å²) in [4.78, 5) is 0. The SMILES string of the molecule is CCC(CC)(CNC1CCc2ccc(OC)cc21)SC. The van der Waals surface area contributed by atoms with Gasteiger partial charge in [-0.2, -0.15) is 11.8 Å². The van der Waals surface area contributed by atoms with Crippen LogP contribution >= 0.6 is 11.8 Å². The summed E-state index contributed by atoms with van der Waals surface area (Å²) < 4.78 is 5.74. The number of rotatable bonds is 7. The van der Waals surface area contributed by atoms with Crippen LogP contribution < -0.4 is 10.1 Å². The Bertz CT molecular complexity index is 434. The average molecular weight is 293 g/mol. The Morgan fingerprint density at radius 1 is 1.35 bits per heavy atom. The number of ether oxygens (including phenoxy) is 1. The third-order valence-corrected chi connectivity index (χ3v) is 6.41. The van der Waals surface area contributed by atoms with Crippen LogP contribution in [-0.4, -0.2) is 24.7 Å². The van der Waals surface area contributed by atoms with Crippen LogP contribution in [0.15, 0.2) is 18.2 Å². The largest absolute Gasteiger partial charge is 0.497 e. The van der Waals surface area contributed by atoms with Crippen molar-refractivity contribution in [1.29, 1.82) is 0 Å². The van der Waals surface area contributed by atoms with Crippen molar-refractivity contribution in [3.05, 3.63) is 29.3 Å². The van der Waals surface area contributed by atoms with E-state index in [0.29, 0.717) is 10.8 Å². The highest BCUT2D eigenvalue weighted by Crippen LogP contribution is 2.36. The van der Waals surface area contributed by atoms with Crippen molar-refractivity contribution in [2.24, 2.45) is 0 Å². The average Bonchev–Trinajstić information content (AvgIpc) is 2.91. The highest BCUT2D eigenvalue weighted by Gasteiger charge is 2.28. The highest BCUT2D eigenvalue weighted by molar-refractivity contribution is 8.00. The normalized spacial score (nSPS) is 18.1. The van der Waals surface area contributed by atoms with Crippen LogP contribution in [0.2, 0.25) is 0 Å². The van der Waals surface area contributed by atoms with Gasteiger partial charge < -0.3 is 10.1 Å². The Kier molecular flexibility index (Phi) is 5.39. The van der Waals surface area contributed by atoms with Crippen LogP contribution in [0.1, 0.15) is 50.3 Å². The zero-order valence-electron chi connectivity index (χ0n) is 13.2. The molecule has 3 heteroatoms. The predicted octanol–water partition coefficient (Wildman–Crippen LogP) is 4.19. The first kappa shape index (κ1) is 15.7. The minimum absolute atomic E-state index is 0.377. The summed E-state index contributed by atoms with van der Waals surface area (Å²) in [5.74, 6) is 0.972. The lowest BCUT2D eigenvalue weighted by Crippen LogP contribution is -2.38. The predicted molar refractivity (Wildman–Crippen MR) is 88.9 cm³/mol. The second-order valence-corrected chi connectivity index (χ2v) is 6.91. The number of fused-ring (bicyclic) bond motifs is 1. The number of methoxy groups -OCH3 is 1. The van der Waals surface area contributed by atoms with Crippen molar-refractivity contribution in [3.63, 3.8) is 0 Å². The summed E-state index contributed by atoms with van der Waals surface area (Å²) in [5, 5.41) is 3.81. The fourth-order valence-electron chi connectivity index (χ4n) is 3.09. The molecule has 2 rings (SSSR count). The van der Waals surface area contributed by atoms with Gasteiger partial charge in [-0.05, 0) is 55.2 Å². The Labute approximate surface area is 127 Å². The maximum Gasteiger partial charge on any atom is 0.119 e. The lowest BCUT2D eigenvalue weighted by Gasteiger charge is -2.31. The van der Waals surface area contributed by atoms with E-state index >= 15 is 0 Å². The molecule has 112 valence electrons. The van der Waals surface area contributed by atoms with Crippen molar-refractivity contribution in [1.82, 2.24) is 5.32 Å². The quantitative estimate of drug-likeness (QED) is 0.814. The van der Waals surface area contributed by atoms with Crippen LogP contribution in [0.25, 0.3) is 0 Å². The van der Waals surface area contributed by atoms with E-state index < -0.39 is 0 Å². The van der Waals surface area contributed by atoms with Gasteiger partial charge in [0.15, 0.2) is 0 Å². The molecule has 0 amide bonds. The van der Waals surface area contributed by atoms with E-state index in [9.17, 15) is 0 Å². The topological polar surface area (TPSA) is 21.3 Å². The first-order chi connectivity index (χ1) is 9.68. The summed E-state index contributed by atoms with van der Waals surface area (Å²) >= 11 is 2.00. The standard InChI is InChI=1S/C17H27NOS/c1-5-17(6-2,20-4)12-18-16-10-8-13-7-9-14(19-3)11-15(13)16/h7,9,11,16,18H,5-6,8,10,12H2,1-4H3. The molecule has 0 heterocycles. The van der Waals surface area contributed by atoms with Crippen LogP contribution in [0.5, 0.6) is 5.75 Å². The molecule has 0 saturated carbocycles. The molecule has 0 saturated heterocycles. The Morgan fingerprint density at radius 2 is 2.10 bits per heavy atom. The smallest absolute Gasteiger partial charge is 0.119 e. The summed E-state index contributed by atoms with van der Waals surface area (Å²) in [6.45, 7) is 5.68. The molecule has 1 aliphatic rings. The maximum absolute atomic E-state index is 5.36. The maximum atomic E-state index is 5.36. The van der Waals surface area contributed by atoms with Crippen molar-refractivity contribution < 1.29 is 4.74 Å². The van der Waals surface area contributed by atoms with Crippen molar-refractivity contribution >= 4 is 11.8 Å². The fourth-order valence-corrected chi connectivity index (χ4v) is 3.89. The first-order valence-corrected chi connectivity index (χ1v) is 8.86. The lowest BCUT2D eigenvalue weighted by atomic mass is 10.0. The molecule has 1 aromatic carbocycles. The van der Waals surface area contributed by atoms with E-state index in [-0.39, 0.29) is 0 Å². The minimum atomic E-state index is 0.377. The molecule has 0 aromatic heterocycles. The molecular weight excluding hydrogens is 266 g/mol. The number of hydrogen-bond donors (Lipinski definition) is 1. The third-order valence-electron chi connectivity index (χ3n) is 4.82. The van der Waals surface area contributed by atoms with Gasteiger partial charge in [0.05, 0.1) is 7.11 Å². The summed E-state index contributed by atoms with van der Waals surface area (Å²) in [7, 11) is 1.74. The summed E-state index contributed by atoms with van der Waals surface area (Å²) in [6.07, 6.45) is 7.06. The van der Waals surface area contributed by atoms with E-state index in [4.69, 9.17) is 4.74 Å². The van der Waals surface area contributed by atoms with Crippen molar-refractivity contribution in [3.8, 4) is 5.75 Å². The van der Waals surface area contributed by atoms with Gasteiger partial charge >= 0.3 is 0 Å². The van der Waals surface area contributed by atoms with E-state index in [1.807, 2.05) is 11.8 Å². The molecule has 0 spiro atoms. The lowest BCUT2D eigenvalue weighted by molar-refractivity contribution is 0.412. The first-order valence-electron chi connectivity index (χ1n) is 7.63. The molecule has 20 heavy (non-hydrogen) atoms. The fraction of sp³-hybridized carbons (Fsp3) is 0.647. The molecule has 1 N–H and O–H groups in total. The van der Waals surface area contributed by atoms with Gasteiger partial charge in [-0.25, -0.2) is 0 Å². The molecule has 2 nitrogen and oxygen atoms in total. The van der Waals surface area contributed by atoms with Gasteiger partial charge in [0, 0.05) is 17.3 Å². The zero-order valence-corrected chi connectivity index (χ0v) is 14.0. The number of benzene rings is 1. The molecule has 0 bridgehead atoms. The van der Waals surface area contributed by atoms with E-state index in [1.165, 1.54) is 36.8 Å². The number of hydrogen-bond acceptors (Lipinski definition) is 3. The number of aryl methyl sites for hydroxylation is 1. The second-order valence-electron chi connectivity index (χ2n) is 5.63. The zero-order chi connectivity index (χ0) is 14.6. The van der Waals surface area contributed by atoms with Gasteiger partial charge in [0.1, 0.15) is 5.75 Å². The summed E-state index contributed by atoms with van der Waals surface area (Å²) in [5.41, 5.74) is 2.91. The van der Waals surface area contributed by atoms with E-state index in [1.54, 1.807) is 7.11 Å². The van der Waals surface area contributed by atoms with Crippen LogP contribution in [0.4, 0.5) is 0 Å². The second kappa shape index (κ2) is 6.86. The van der Waals surface area contributed by atoms with Crippen molar-refractivity contribution in [2.45, 2.75) is 50.3 Å². The minimum Gasteiger partial charge on any atom is -0.497 e. The molecule has 0 radical (unpaired) electrons. The molecule has 1 atom stereocenters. The van der Waals surface area contributed by atoms with Crippen LogP contribution in [0, 0.1) is 0 Å². The van der Waals surface area contributed by atoms with Crippen molar-refractivity contribution in [2.75, 3.05) is 19.9 Å².